The van der Waals surface area contributed by atoms with Crippen LogP contribution in [0.1, 0.15) is 24.4 Å². The van der Waals surface area contributed by atoms with Crippen molar-refractivity contribution in [2.45, 2.75) is 31.2 Å². The Kier molecular flexibility index (Phi) is 5.38. The highest BCUT2D eigenvalue weighted by molar-refractivity contribution is 7.80. The summed E-state index contributed by atoms with van der Waals surface area (Å²) in [6.45, 7) is 1.12. The first-order chi connectivity index (χ1) is 15.4. The first-order valence-corrected chi connectivity index (χ1v) is 10.7. The Labute approximate surface area is 187 Å². The van der Waals surface area contributed by atoms with Gasteiger partial charge in [-0.1, -0.05) is 0 Å². The zero-order valence-corrected chi connectivity index (χ0v) is 17.8. The maximum absolute atomic E-state index is 14.4. The van der Waals surface area contributed by atoms with Crippen LogP contribution in [0.2, 0.25) is 0 Å². The number of likely N-dealkylation sites (tertiary alicyclic amines) is 1. The third-order valence-electron chi connectivity index (χ3n) is 5.91. The molecule has 2 aliphatic rings. The second-order valence-corrected chi connectivity index (χ2v) is 8.48. The standard InChI is InChI=1S/C21H21F3N6OS/c22-12-1-2-16(24)15(7-12)18-8-13(23)10-29(18)19-4-6-30-20(27-19)17(9-25-30)26-21(32)28-5-3-14(31)11-28/h1-2,4,6-7,9,13-14,18,31H,3,5,8,10-11H2,(H,26,32)/t13-,14-,18+/m0/s1. The fourth-order valence-corrected chi connectivity index (χ4v) is 4.61. The summed E-state index contributed by atoms with van der Waals surface area (Å²) < 4.78 is 44.1. The van der Waals surface area contributed by atoms with Gasteiger partial charge in [-0.15, -0.1) is 0 Å². The molecule has 3 aromatic rings. The van der Waals surface area contributed by atoms with Crippen LogP contribution in [0.25, 0.3) is 5.65 Å². The van der Waals surface area contributed by atoms with Crippen molar-refractivity contribution in [3.05, 3.63) is 53.9 Å². The number of nitrogens with zero attached hydrogens (tertiary/aromatic N) is 5. The summed E-state index contributed by atoms with van der Waals surface area (Å²) >= 11 is 5.44. The predicted molar refractivity (Wildman–Crippen MR) is 117 cm³/mol. The van der Waals surface area contributed by atoms with Gasteiger partial charge in [-0.05, 0) is 42.9 Å². The minimum atomic E-state index is -1.20. The Morgan fingerprint density at radius 1 is 1.22 bits per heavy atom. The molecule has 1 aromatic carbocycles. The summed E-state index contributed by atoms with van der Waals surface area (Å²) in [7, 11) is 0. The van der Waals surface area contributed by atoms with Gasteiger partial charge in [0.15, 0.2) is 10.8 Å². The second kappa shape index (κ2) is 8.21. The van der Waals surface area contributed by atoms with E-state index in [0.29, 0.717) is 41.8 Å². The van der Waals surface area contributed by atoms with Gasteiger partial charge >= 0.3 is 0 Å². The van der Waals surface area contributed by atoms with Crippen LogP contribution in [0.3, 0.4) is 0 Å². The molecule has 2 fully saturated rings. The SMILES string of the molecule is O[C@H]1CCN(C(=S)Nc2cnn3ccc(N4C[C@@H](F)C[C@@H]4c4cc(F)ccc4F)nc23)C1. The maximum Gasteiger partial charge on any atom is 0.180 e. The lowest BCUT2D eigenvalue weighted by Gasteiger charge is -2.26. The lowest BCUT2D eigenvalue weighted by molar-refractivity contribution is 0.188. The molecule has 0 unspecified atom stereocenters. The average Bonchev–Trinajstić information content (AvgIpc) is 3.48. The van der Waals surface area contributed by atoms with Gasteiger partial charge in [-0.3, -0.25) is 0 Å². The van der Waals surface area contributed by atoms with Crippen molar-refractivity contribution < 1.29 is 18.3 Å². The Morgan fingerprint density at radius 2 is 2.06 bits per heavy atom. The molecule has 11 heteroatoms. The molecule has 0 aliphatic carbocycles. The minimum Gasteiger partial charge on any atom is -0.391 e. The van der Waals surface area contributed by atoms with Crippen LogP contribution in [0, 0.1) is 11.6 Å². The molecule has 0 spiro atoms. The van der Waals surface area contributed by atoms with Gasteiger partial charge in [0.1, 0.15) is 29.3 Å². The minimum absolute atomic E-state index is 0.0186. The van der Waals surface area contributed by atoms with Crippen LogP contribution in [0.5, 0.6) is 0 Å². The largest absolute Gasteiger partial charge is 0.391 e. The fraction of sp³-hybridized carbons (Fsp3) is 0.381. The van der Waals surface area contributed by atoms with E-state index < -0.39 is 30.0 Å². The molecule has 4 heterocycles. The van der Waals surface area contributed by atoms with E-state index in [1.54, 1.807) is 27.9 Å². The average molecular weight is 463 g/mol. The predicted octanol–water partition coefficient (Wildman–Crippen LogP) is 3.06. The molecule has 0 bridgehead atoms. The van der Waals surface area contributed by atoms with Gasteiger partial charge in [0.05, 0.1) is 24.9 Å². The Bertz CT molecular complexity index is 1170. The smallest absolute Gasteiger partial charge is 0.180 e. The third-order valence-corrected chi connectivity index (χ3v) is 6.27. The zero-order valence-electron chi connectivity index (χ0n) is 17.0. The lowest BCUT2D eigenvalue weighted by atomic mass is 10.0. The first-order valence-electron chi connectivity index (χ1n) is 10.3. The highest BCUT2D eigenvalue weighted by atomic mass is 32.1. The molecule has 5 rings (SSSR count). The summed E-state index contributed by atoms with van der Waals surface area (Å²) in [6.07, 6.45) is 2.34. The van der Waals surface area contributed by atoms with Crippen LogP contribution >= 0.6 is 12.2 Å². The number of halogens is 3. The number of benzene rings is 1. The number of thiocarbonyl (C=S) groups is 1. The summed E-state index contributed by atoms with van der Waals surface area (Å²) in [4.78, 5) is 8.14. The van der Waals surface area contributed by atoms with E-state index in [1.165, 1.54) is 0 Å². The van der Waals surface area contributed by atoms with Crippen molar-refractivity contribution in [1.82, 2.24) is 19.5 Å². The number of β-amino-alcohol motifs (C(OH)–C–C–N with tert-alkyl or cyclic N) is 1. The van der Waals surface area contributed by atoms with E-state index in [0.717, 1.165) is 18.2 Å². The highest BCUT2D eigenvalue weighted by Crippen LogP contribution is 2.38. The number of aromatic nitrogens is 3. The molecule has 32 heavy (non-hydrogen) atoms. The van der Waals surface area contributed by atoms with E-state index in [2.05, 4.69) is 15.4 Å². The van der Waals surface area contributed by atoms with Gasteiger partial charge in [0.2, 0.25) is 0 Å². The number of aliphatic hydroxyl groups excluding tert-OH is 1. The molecule has 7 nitrogen and oxygen atoms in total. The number of hydrogen-bond acceptors (Lipinski definition) is 5. The van der Waals surface area contributed by atoms with Gasteiger partial charge in [-0.25, -0.2) is 22.7 Å². The van der Waals surface area contributed by atoms with Crippen molar-refractivity contribution in [2.75, 3.05) is 29.9 Å². The van der Waals surface area contributed by atoms with Crippen molar-refractivity contribution >= 4 is 34.5 Å². The Balaban J connectivity index is 1.45. The summed E-state index contributed by atoms with van der Waals surface area (Å²) in [5, 5.41) is 17.6. The summed E-state index contributed by atoms with van der Waals surface area (Å²) in [5.41, 5.74) is 1.13. The molecule has 2 aliphatic heterocycles. The van der Waals surface area contributed by atoms with Gasteiger partial charge in [-0.2, -0.15) is 5.10 Å². The number of rotatable bonds is 3. The summed E-state index contributed by atoms with van der Waals surface area (Å²) in [6, 6.07) is 4.20. The highest BCUT2D eigenvalue weighted by Gasteiger charge is 2.36. The molecular weight excluding hydrogens is 441 g/mol. The van der Waals surface area contributed by atoms with Crippen LogP contribution in [-0.4, -0.2) is 61.6 Å². The van der Waals surface area contributed by atoms with E-state index in [4.69, 9.17) is 12.2 Å². The zero-order chi connectivity index (χ0) is 22.4. The number of anilines is 2. The quantitative estimate of drug-likeness (QED) is 0.580. The van der Waals surface area contributed by atoms with Crippen molar-refractivity contribution in [2.24, 2.45) is 0 Å². The maximum atomic E-state index is 14.4. The monoisotopic (exact) mass is 462 g/mol. The fourth-order valence-electron chi connectivity index (χ4n) is 4.33. The molecule has 0 amide bonds. The van der Waals surface area contributed by atoms with E-state index in [-0.39, 0.29) is 18.5 Å². The number of fused-ring (bicyclic) bond motifs is 1. The molecule has 2 aromatic heterocycles. The third kappa shape index (κ3) is 3.86. The molecule has 3 atom stereocenters. The molecule has 0 saturated carbocycles. The Morgan fingerprint density at radius 3 is 2.84 bits per heavy atom. The molecule has 2 N–H and O–H groups in total. The van der Waals surface area contributed by atoms with Gasteiger partial charge in [0.25, 0.3) is 0 Å². The van der Waals surface area contributed by atoms with Gasteiger partial charge in [0, 0.05) is 31.3 Å². The molecule has 168 valence electrons. The van der Waals surface area contributed by atoms with Crippen molar-refractivity contribution in [3.63, 3.8) is 0 Å². The summed E-state index contributed by atoms with van der Waals surface area (Å²) in [5.74, 6) is -0.728. The first kappa shape index (κ1) is 21.0. The number of hydrogen-bond donors (Lipinski definition) is 2. The Hall–Kier alpha value is -2.92. The van der Waals surface area contributed by atoms with Crippen molar-refractivity contribution in [1.29, 1.82) is 0 Å². The molecular formula is C21H21F3N6OS. The van der Waals surface area contributed by atoms with Crippen LogP contribution in [-0.2, 0) is 0 Å². The lowest BCUT2D eigenvalue weighted by Crippen LogP contribution is -2.33. The van der Waals surface area contributed by atoms with Crippen LogP contribution in [0.15, 0.2) is 36.7 Å². The topological polar surface area (TPSA) is 68.9 Å². The normalized spacial score (nSPS) is 23.3. The van der Waals surface area contributed by atoms with Gasteiger partial charge < -0.3 is 20.2 Å². The number of aliphatic hydroxyl groups is 1. The number of alkyl halides is 1. The second-order valence-electron chi connectivity index (χ2n) is 8.10. The van der Waals surface area contributed by atoms with E-state index in [1.807, 2.05) is 4.90 Å². The van der Waals surface area contributed by atoms with E-state index >= 15 is 0 Å². The molecule has 2 saturated heterocycles. The van der Waals surface area contributed by atoms with Crippen molar-refractivity contribution in [3.8, 4) is 0 Å². The number of nitrogens with one attached hydrogen (secondary N) is 1. The van der Waals surface area contributed by atoms with Crippen LogP contribution in [0.4, 0.5) is 24.7 Å². The van der Waals surface area contributed by atoms with Crippen LogP contribution < -0.4 is 10.2 Å². The van der Waals surface area contributed by atoms with E-state index in [9.17, 15) is 18.3 Å². The molecule has 0 radical (unpaired) electrons.